The zero-order valence-electron chi connectivity index (χ0n) is 6.87. The summed E-state index contributed by atoms with van der Waals surface area (Å²) in [6.45, 7) is 3.72. The number of benzene rings is 1. The third-order valence-electron chi connectivity index (χ3n) is 2.03. The second-order valence-corrected chi connectivity index (χ2v) is 2.83. The highest BCUT2D eigenvalue weighted by Crippen LogP contribution is 2.20. The minimum Gasteiger partial charge on any atom is -0.477 e. The van der Waals surface area contributed by atoms with Crippen LogP contribution in [0.5, 0.6) is 0 Å². The first-order valence-electron chi connectivity index (χ1n) is 3.86. The number of para-hydroxylation sites is 1. The highest BCUT2D eigenvalue weighted by molar-refractivity contribution is 5.97. The number of aromatic nitrogens is 1. The molecule has 3 heteroatoms. The molecule has 65 valence electrons. The number of carboxylic acid groups (broad SMARTS) is 1. The van der Waals surface area contributed by atoms with Crippen molar-refractivity contribution in [3.63, 3.8) is 0 Å². The van der Waals surface area contributed by atoms with Crippen LogP contribution in [0.2, 0.25) is 0 Å². The molecule has 0 saturated carbocycles. The quantitative estimate of drug-likeness (QED) is 0.695. The fourth-order valence-electron chi connectivity index (χ4n) is 1.38. The second-order valence-electron chi connectivity index (χ2n) is 2.83. The predicted octanol–water partition coefficient (Wildman–Crippen LogP) is 2.05. The number of rotatable bonds is 1. The van der Waals surface area contributed by atoms with Crippen LogP contribution < -0.4 is 0 Å². The third-order valence-corrected chi connectivity index (χ3v) is 2.03. The molecule has 1 heterocycles. The molecule has 0 unspecified atom stereocenters. The standard InChI is InChI=1S/C10H8NO2/c1-6-7-4-2-3-5-8(7)11-9(6)10(12)13/h2-5,11H,1H2,(H,12,13). The molecular weight excluding hydrogens is 166 g/mol. The van der Waals surface area contributed by atoms with E-state index < -0.39 is 5.97 Å². The van der Waals surface area contributed by atoms with Gasteiger partial charge in [-0.15, -0.1) is 0 Å². The molecule has 0 amide bonds. The highest BCUT2D eigenvalue weighted by Gasteiger charge is 2.12. The minimum atomic E-state index is -0.971. The molecule has 0 bridgehead atoms. The molecule has 2 rings (SSSR count). The van der Waals surface area contributed by atoms with Gasteiger partial charge in [-0.25, -0.2) is 4.79 Å². The molecular formula is C10H8NO2. The van der Waals surface area contributed by atoms with Gasteiger partial charge >= 0.3 is 5.97 Å². The van der Waals surface area contributed by atoms with Gasteiger partial charge in [0.25, 0.3) is 0 Å². The first-order valence-corrected chi connectivity index (χ1v) is 3.86. The smallest absolute Gasteiger partial charge is 0.352 e. The van der Waals surface area contributed by atoms with Crippen molar-refractivity contribution >= 4 is 16.9 Å². The summed E-state index contributed by atoms with van der Waals surface area (Å²) >= 11 is 0. The lowest BCUT2D eigenvalue weighted by Gasteiger charge is -1.89. The van der Waals surface area contributed by atoms with Crippen molar-refractivity contribution in [2.75, 3.05) is 0 Å². The molecule has 1 aromatic carbocycles. The molecule has 0 aliphatic heterocycles. The van der Waals surface area contributed by atoms with Crippen molar-refractivity contribution < 1.29 is 9.90 Å². The molecule has 1 radical (unpaired) electrons. The Hall–Kier alpha value is -1.77. The third kappa shape index (κ3) is 1.09. The molecule has 0 saturated heterocycles. The van der Waals surface area contributed by atoms with Crippen LogP contribution in [-0.4, -0.2) is 16.1 Å². The van der Waals surface area contributed by atoms with Crippen molar-refractivity contribution in [2.24, 2.45) is 0 Å². The molecule has 0 aliphatic rings. The summed E-state index contributed by atoms with van der Waals surface area (Å²) in [5, 5.41) is 9.66. The monoisotopic (exact) mass is 174 g/mol. The Morgan fingerprint density at radius 3 is 2.69 bits per heavy atom. The Morgan fingerprint density at radius 2 is 2.08 bits per heavy atom. The SMILES string of the molecule is [CH2]c1c(C(=O)O)[nH]c2ccccc12. The highest BCUT2D eigenvalue weighted by atomic mass is 16.4. The zero-order chi connectivity index (χ0) is 9.42. The number of hydrogen-bond acceptors (Lipinski definition) is 1. The molecule has 2 aromatic rings. The molecule has 0 spiro atoms. The van der Waals surface area contributed by atoms with E-state index in [-0.39, 0.29) is 5.69 Å². The van der Waals surface area contributed by atoms with Crippen LogP contribution in [0, 0.1) is 6.92 Å². The van der Waals surface area contributed by atoms with Crippen LogP contribution in [0.15, 0.2) is 24.3 Å². The Balaban J connectivity index is 2.81. The van der Waals surface area contributed by atoms with Crippen LogP contribution >= 0.6 is 0 Å². The maximum atomic E-state index is 10.7. The summed E-state index contributed by atoms with van der Waals surface area (Å²) < 4.78 is 0. The van der Waals surface area contributed by atoms with Crippen molar-refractivity contribution in [1.29, 1.82) is 0 Å². The average Bonchev–Trinajstić information content (AvgIpc) is 2.45. The van der Waals surface area contributed by atoms with Crippen LogP contribution in [0.1, 0.15) is 16.1 Å². The van der Waals surface area contributed by atoms with Gasteiger partial charge in [0.05, 0.1) is 0 Å². The molecule has 3 nitrogen and oxygen atoms in total. The van der Waals surface area contributed by atoms with Gasteiger partial charge in [-0.05, 0) is 18.6 Å². The van der Waals surface area contributed by atoms with E-state index in [1.165, 1.54) is 0 Å². The van der Waals surface area contributed by atoms with Gasteiger partial charge in [-0.3, -0.25) is 0 Å². The Bertz CT molecular complexity index is 471. The van der Waals surface area contributed by atoms with E-state index in [1.54, 1.807) is 0 Å². The number of carbonyl (C=O) groups is 1. The predicted molar refractivity (Wildman–Crippen MR) is 49.7 cm³/mol. The molecule has 2 N–H and O–H groups in total. The number of aromatic amines is 1. The average molecular weight is 174 g/mol. The minimum absolute atomic E-state index is 0.168. The molecule has 0 fully saturated rings. The van der Waals surface area contributed by atoms with E-state index >= 15 is 0 Å². The summed E-state index contributed by atoms with van der Waals surface area (Å²) in [5.41, 5.74) is 1.52. The van der Waals surface area contributed by atoms with Crippen molar-refractivity contribution in [3.05, 3.63) is 42.4 Å². The largest absolute Gasteiger partial charge is 0.477 e. The number of hydrogen-bond donors (Lipinski definition) is 2. The van der Waals surface area contributed by atoms with E-state index in [0.29, 0.717) is 5.56 Å². The Labute approximate surface area is 75.0 Å². The zero-order valence-corrected chi connectivity index (χ0v) is 6.87. The second kappa shape index (κ2) is 2.62. The van der Waals surface area contributed by atoms with Gasteiger partial charge in [0.2, 0.25) is 0 Å². The number of nitrogens with one attached hydrogen (secondary N) is 1. The maximum Gasteiger partial charge on any atom is 0.352 e. The maximum absolute atomic E-state index is 10.7. The number of fused-ring (bicyclic) bond motifs is 1. The summed E-state index contributed by atoms with van der Waals surface area (Å²) in [5.74, 6) is -0.971. The van der Waals surface area contributed by atoms with E-state index in [9.17, 15) is 4.79 Å². The lowest BCUT2D eigenvalue weighted by molar-refractivity contribution is 0.0691. The van der Waals surface area contributed by atoms with Gasteiger partial charge in [0.15, 0.2) is 0 Å². The van der Waals surface area contributed by atoms with Crippen LogP contribution in [0.3, 0.4) is 0 Å². The first-order chi connectivity index (χ1) is 6.20. The van der Waals surface area contributed by atoms with Crippen LogP contribution in [0.4, 0.5) is 0 Å². The fraction of sp³-hybridized carbons (Fsp3) is 0. The topological polar surface area (TPSA) is 53.1 Å². The Morgan fingerprint density at radius 1 is 1.38 bits per heavy atom. The van der Waals surface area contributed by atoms with Crippen molar-refractivity contribution in [1.82, 2.24) is 4.98 Å². The van der Waals surface area contributed by atoms with Gasteiger partial charge in [-0.2, -0.15) is 0 Å². The van der Waals surface area contributed by atoms with Crippen LogP contribution in [0.25, 0.3) is 10.9 Å². The van der Waals surface area contributed by atoms with Gasteiger partial charge in [0, 0.05) is 10.9 Å². The Kier molecular flexibility index (Phi) is 1.59. The van der Waals surface area contributed by atoms with Crippen LogP contribution in [-0.2, 0) is 0 Å². The van der Waals surface area contributed by atoms with E-state index in [1.807, 2.05) is 24.3 Å². The molecule has 13 heavy (non-hydrogen) atoms. The molecule has 0 aliphatic carbocycles. The fourth-order valence-corrected chi connectivity index (χ4v) is 1.38. The lowest BCUT2D eigenvalue weighted by Crippen LogP contribution is -1.97. The van der Waals surface area contributed by atoms with Crippen molar-refractivity contribution in [2.45, 2.75) is 0 Å². The van der Waals surface area contributed by atoms with E-state index in [2.05, 4.69) is 11.9 Å². The number of carboxylic acids is 1. The molecule has 0 atom stereocenters. The summed E-state index contributed by atoms with van der Waals surface area (Å²) in [7, 11) is 0. The molecule has 1 aromatic heterocycles. The summed E-state index contributed by atoms with van der Waals surface area (Å²) in [6.07, 6.45) is 0. The normalized spacial score (nSPS) is 10.5. The van der Waals surface area contributed by atoms with Gasteiger partial charge < -0.3 is 10.1 Å². The lowest BCUT2D eigenvalue weighted by atomic mass is 10.1. The van der Waals surface area contributed by atoms with E-state index in [0.717, 1.165) is 10.9 Å². The first kappa shape index (κ1) is 7.86. The van der Waals surface area contributed by atoms with Crippen molar-refractivity contribution in [3.8, 4) is 0 Å². The van der Waals surface area contributed by atoms with Gasteiger partial charge in [-0.1, -0.05) is 18.2 Å². The number of aromatic carboxylic acids is 1. The van der Waals surface area contributed by atoms with Gasteiger partial charge in [0.1, 0.15) is 5.69 Å². The summed E-state index contributed by atoms with van der Waals surface area (Å²) in [4.78, 5) is 13.5. The van der Waals surface area contributed by atoms with E-state index in [4.69, 9.17) is 5.11 Å². The summed E-state index contributed by atoms with van der Waals surface area (Å²) in [6, 6.07) is 7.39. The number of H-pyrrole nitrogens is 1.